The molecule has 96 valence electrons. The third-order valence-corrected chi connectivity index (χ3v) is 3.77. The molecule has 3 rings (SSSR count). The number of carbonyl (C=O) groups is 2. The first kappa shape index (κ1) is 11.8. The van der Waals surface area contributed by atoms with Crippen molar-refractivity contribution < 1.29 is 22.6 Å². The van der Waals surface area contributed by atoms with E-state index in [1.54, 1.807) is 12.1 Å². The van der Waals surface area contributed by atoms with Crippen LogP contribution in [0.1, 0.15) is 20.7 Å². The van der Waals surface area contributed by atoms with Crippen LogP contribution < -0.4 is 5.32 Å². The van der Waals surface area contributed by atoms with Crippen LogP contribution in [0.4, 0.5) is 0 Å². The molecule has 0 aromatic heterocycles. The minimum atomic E-state index is -4.67. The molecule has 0 spiro atoms. The summed E-state index contributed by atoms with van der Waals surface area (Å²) in [5.41, 5.74) is 0.295. The lowest BCUT2D eigenvalue weighted by atomic mass is 9.95. The van der Waals surface area contributed by atoms with Gasteiger partial charge in [-0.15, -0.1) is 0 Å². The van der Waals surface area contributed by atoms with Gasteiger partial charge in [0.2, 0.25) is 0 Å². The second kappa shape index (κ2) is 3.62. The van der Waals surface area contributed by atoms with Crippen molar-refractivity contribution in [2.75, 3.05) is 0 Å². The highest BCUT2D eigenvalue weighted by atomic mass is 32.2. The van der Waals surface area contributed by atoms with Crippen molar-refractivity contribution in [1.29, 1.82) is 0 Å². The molecule has 0 unspecified atom stereocenters. The number of nitrogens with one attached hydrogen (secondary N) is 1. The van der Waals surface area contributed by atoms with Gasteiger partial charge in [0.05, 0.1) is 4.90 Å². The number of carbonyl (C=O) groups excluding carboxylic acids is 2. The Morgan fingerprint density at radius 1 is 1.00 bits per heavy atom. The molecule has 0 bridgehead atoms. The smallest absolute Gasteiger partial charge is 0.258 e. The lowest BCUT2D eigenvalue weighted by Crippen LogP contribution is -2.34. The van der Waals surface area contributed by atoms with E-state index in [0.29, 0.717) is 10.8 Å². The van der Waals surface area contributed by atoms with Gasteiger partial charge in [-0.3, -0.25) is 14.9 Å². The highest BCUT2D eigenvalue weighted by Gasteiger charge is 2.25. The second-order valence-corrected chi connectivity index (χ2v) is 5.49. The van der Waals surface area contributed by atoms with E-state index in [-0.39, 0.29) is 11.1 Å². The number of amides is 2. The maximum Gasteiger partial charge on any atom is 0.258 e. The molecule has 0 saturated heterocycles. The Morgan fingerprint density at radius 2 is 1.68 bits per heavy atom. The van der Waals surface area contributed by atoms with Gasteiger partial charge in [-0.25, -0.2) is 8.42 Å². The third kappa shape index (κ3) is 1.71. The highest BCUT2D eigenvalue weighted by molar-refractivity contribution is 7.85. The first-order chi connectivity index (χ1) is 8.88. The normalized spacial score (nSPS) is 14.6. The largest absolute Gasteiger partial charge is 0.744 e. The highest BCUT2D eigenvalue weighted by Crippen LogP contribution is 2.29. The van der Waals surface area contributed by atoms with Gasteiger partial charge < -0.3 is 4.55 Å². The van der Waals surface area contributed by atoms with Crippen LogP contribution in [0, 0.1) is 0 Å². The molecular weight excluding hydrogens is 270 g/mol. The molecule has 0 aliphatic carbocycles. The molecule has 1 aliphatic rings. The van der Waals surface area contributed by atoms with Crippen LogP contribution in [0.15, 0.2) is 35.2 Å². The summed E-state index contributed by atoms with van der Waals surface area (Å²) in [6.45, 7) is 0. The Bertz CT molecular complexity index is 854. The quantitative estimate of drug-likeness (QED) is 0.607. The van der Waals surface area contributed by atoms with Crippen molar-refractivity contribution in [1.82, 2.24) is 5.32 Å². The minimum Gasteiger partial charge on any atom is -0.744 e. The Hall–Kier alpha value is -2.25. The Morgan fingerprint density at radius 3 is 2.37 bits per heavy atom. The standard InChI is InChI=1S/C12H7NO5S/c14-11-8-3-1-2-6-4-7(19(16,17)18)5-9(10(6)8)12(15)13-11/h1-5H,(H,13,14,15)(H,16,17,18)/p-1. The van der Waals surface area contributed by atoms with E-state index in [1.807, 2.05) is 0 Å². The zero-order valence-corrected chi connectivity index (χ0v) is 10.2. The van der Waals surface area contributed by atoms with Gasteiger partial charge in [0.1, 0.15) is 10.1 Å². The van der Waals surface area contributed by atoms with Crippen LogP contribution in [0.25, 0.3) is 10.8 Å². The molecule has 1 aliphatic heterocycles. The topological polar surface area (TPSA) is 103 Å². The van der Waals surface area contributed by atoms with Crippen molar-refractivity contribution in [2.45, 2.75) is 4.90 Å². The molecule has 2 aromatic carbocycles. The lowest BCUT2D eigenvalue weighted by molar-refractivity contribution is 0.0845. The van der Waals surface area contributed by atoms with Crippen LogP contribution in [-0.2, 0) is 10.1 Å². The Labute approximate surface area is 107 Å². The summed E-state index contributed by atoms with van der Waals surface area (Å²) >= 11 is 0. The number of hydrogen-bond acceptors (Lipinski definition) is 5. The predicted molar refractivity (Wildman–Crippen MR) is 63.7 cm³/mol. The van der Waals surface area contributed by atoms with E-state index in [0.717, 1.165) is 12.1 Å². The summed E-state index contributed by atoms with van der Waals surface area (Å²) in [4.78, 5) is 22.9. The fraction of sp³-hybridized carbons (Fsp3) is 0. The summed E-state index contributed by atoms with van der Waals surface area (Å²) in [5.74, 6) is -1.25. The van der Waals surface area contributed by atoms with Crippen molar-refractivity contribution in [3.8, 4) is 0 Å². The van der Waals surface area contributed by atoms with E-state index in [4.69, 9.17) is 0 Å². The first-order valence-corrected chi connectivity index (χ1v) is 6.67. The van der Waals surface area contributed by atoms with Gasteiger partial charge in [0.25, 0.3) is 11.8 Å². The van der Waals surface area contributed by atoms with Gasteiger partial charge >= 0.3 is 0 Å². The predicted octanol–water partition coefficient (Wildman–Crippen LogP) is 0.628. The lowest BCUT2D eigenvalue weighted by Gasteiger charge is -2.18. The summed E-state index contributed by atoms with van der Waals surface area (Å²) in [6.07, 6.45) is 0. The van der Waals surface area contributed by atoms with E-state index >= 15 is 0 Å². The number of rotatable bonds is 1. The molecule has 2 aromatic rings. The first-order valence-electron chi connectivity index (χ1n) is 5.26. The van der Waals surface area contributed by atoms with Crippen molar-refractivity contribution in [3.63, 3.8) is 0 Å². The molecule has 6 nitrogen and oxygen atoms in total. The second-order valence-electron chi connectivity index (χ2n) is 4.11. The van der Waals surface area contributed by atoms with Crippen LogP contribution in [0.3, 0.4) is 0 Å². The Balaban J connectivity index is 2.51. The van der Waals surface area contributed by atoms with Crippen LogP contribution >= 0.6 is 0 Å². The van der Waals surface area contributed by atoms with Gasteiger partial charge in [-0.05, 0) is 23.6 Å². The van der Waals surface area contributed by atoms with Crippen LogP contribution in [0.5, 0.6) is 0 Å². The van der Waals surface area contributed by atoms with Crippen molar-refractivity contribution in [2.24, 2.45) is 0 Å². The summed E-state index contributed by atoms with van der Waals surface area (Å²) < 4.78 is 33.2. The van der Waals surface area contributed by atoms with Crippen LogP contribution in [0.2, 0.25) is 0 Å². The molecule has 1 N–H and O–H groups in total. The third-order valence-electron chi connectivity index (χ3n) is 2.96. The van der Waals surface area contributed by atoms with Gasteiger partial charge in [0.15, 0.2) is 0 Å². The van der Waals surface area contributed by atoms with E-state index < -0.39 is 26.8 Å². The average Bonchev–Trinajstić information content (AvgIpc) is 2.34. The van der Waals surface area contributed by atoms with E-state index in [2.05, 4.69) is 5.32 Å². The van der Waals surface area contributed by atoms with E-state index in [1.165, 1.54) is 6.07 Å². The average molecular weight is 276 g/mol. The number of imide groups is 1. The summed E-state index contributed by atoms with van der Waals surface area (Å²) in [7, 11) is -4.67. The Kier molecular flexibility index (Phi) is 2.25. The van der Waals surface area contributed by atoms with Gasteiger partial charge in [-0.2, -0.15) is 0 Å². The summed E-state index contributed by atoms with van der Waals surface area (Å²) in [6, 6.07) is 6.78. The fourth-order valence-electron chi connectivity index (χ4n) is 2.15. The maximum absolute atomic E-state index is 11.7. The van der Waals surface area contributed by atoms with Gasteiger partial charge in [0, 0.05) is 16.5 Å². The molecule has 0 saturated carbocycles. The minimum absolute atomic E-state index is 0.0159. The van der Waals surface area contributed by atoms with Crippen LogP contribution in [-0.4, -0.2) is 24.8 Å². The molecule has 0 atom stereocenters. The maximum atomic E-state index is 11.7. The molecule has 0 fully saturated rings. The molecule has 1 heterocycles. The molecule has 19 heavy (non-hydrogen) atoms. The molecule has 7 heteroatoms. The molecular formula is C12H6NO5S-. The van der Waals surface area contributed by atoms with E-state index in [9.17, 15) is 22.6 Å². The summed E-state index contributed by atoms with van der Waals surface area (Å²) in [5, 5.41) is 2.83. The zero-order chi connectivity index (χ0) is 13.8. The monoisotopic (exact) mass is 276 g/mol. The SMILES string of the molecule is O=C1NC(=O)c2cc(S(=O)(=O)[O-])cc3cccc1c23. The van der Waals surface area contributed by atoms with Crippen molar-refractivity contribution >= 4 is 32.7 Å². The number of benzene rings is 2. The fourth-order valence-corrected chi connectivity index (χ4v) is 2.68. The molecule has 2 amide bonds. The zero-order valence-electron chi connectivity index (χ0n) is 9.34. The molecule has 0 radical (unpaired) electrons. The van der Waals surface area contributed by atoms with Gasteiger partial charge in [-0.1, -0.05) is 12.1 Å². The van der Waals surface area contributed by atoms with Crippen molar-refractivity contribution in [3.05, 3.63) is 41.5 Å². The number of hydrogen-bond donors (Lipinski definition) is 1.